The lowest BCUT2D eigenvalue weighted by Gasteiger charge is -2.35. The van der Waals surface area contributed by atoms with Gasteiger partial charge in [0.1, 0.15) is 5.78 Å². The second kappa shape index (κ2) is 2.08. The van der Waals surface area contributed by atoms with Crippen molar-refractivity contribution in [3.63, 3.8) is 0 Å². The Morgan fingerprint density at radius 3 is 3.00 bits per heavy atom. The summed E-state index contributed by atoms with van der Waals surface area (Å²) in [6, 6.07) is 0. The van der Waals surface area contributed by atoms with E-state index in [0.29, 0.717) is 23.5 Å². The van der Waals surface area contributed by atoms with Gasteiger partial charge in [-0.25, -0.2) is 0 Å². The van der Waals surface area contributed by atoms with E-state index >= 15 is 0 Å². The number of allylic oxidation sites excluding steroid dienone is 2. The number of fused-ring (bicyclic) bond motifs is 5. The van der Waals surface area contributed by atoms with Gasteiger partial charge < -0.3 is 0 Å². The second-order valence-electron chi connectivity index (χ2n) is 5.44. The summed E-state index contributed by atoms with van der Waals surface area (Å²) >= 11 is 0. The van der Waals surface area contributed by atoms with Crippen LogP contribution in [0.3, 0.4) is 0 Å². The molecule has 3 aliphatic carbocycles. The normalized spacial score (nSPS) is 50.2. The molecule has 3 rings (SSSR count). The molecule has 0 radical (unpaired) electrons. The molecule has 1 heteroatoms. The van der Waals surface area contributed by atoms with E-state index in [1.165, 1.54) is 6.42 Å². The van der Waals surface area contributed by atoms with Crippen LogP contribution < -0.4 is 0 Å². The first kappa shape index (κ1) is 7.78. The number of ketones is 1. The molecule has 0 aromatic carbocycles. The highest BCUT2D eigenvalue weighted by Gasteiger charge is 2.61. The number of hydrogen-bond acceptors (Lipinski definition) is 1. The minimum atomic E-state index is -0.0273. The number of carbonyl (C=O) groups excluding carboxylic acids is 1. The molecule has 0 saturated heterocycles. The summed E-state index contributed by atoms with van der Waals surface area (Å²) in [7, 11) is 0. The van der Waals surface area contributed by atoms with Crippen molar-refractivity contribution in [1.29, 1.82) is 0 Å². The van der Waals surface area contributed by atoms with Crippen molar-refractivity contribution in [2.24, 2.45) is 29.1 Å². The van der Waals surface area contributed by atoms with E-state index in [1.54, 1.807) is 0 Å². The molecule has 0 heterocycles. The Hall–Kier alpha value is -0.590. The van der Waals surface area contributed by atoms with Crippen LogP contribution in [0.15, 0.2) is 12.2 Å². The highest BCUT2D eigenvalue weighted by Crippen LogP contribution is 2.61. The molecule has 2 bridgehead atoms. The number of Topliss-reactive ketones (excluding diaryl/α,β-unsaturated/α-hetero) is 1. The Morgan fingerprint density at radius 1 is 1.46 bits per heavy atom. The Morgan fingerprint density at radius 2 is 2.23 bits per heavy atom. The lowest BCUT2D eigenvalue weighted by atomic mass is 9.67. The predicted octanol–water partition coefficient (Wildman–Crippen LogP) is 2.42. The fourth-order valence-corrected chi connectivity index (χ4v) is 3.90. The summed E-state index contributed by atoms with van der Waals surface area (Å²) in [6.07, 6.45) is 6.98. The third-order valence-electron chi connectivity index (χ3n) is 4.65. The summed E-state index contributed by atoms with van der Waals surface area (Å²) in [5, 5.41) is 0. The van der Waals surface area contributed by atoms with Crippen LogP contribution in [0, 0.1) is 29.1 Å². The fourth-order valence-electron chi connectivity index (χ4n) is 3.90. The van der Waals surface area contributed by atoms with Crippen LogP contribution in [0.2, 0.25) is 0 Å². The van der Waals surface area contributed by atoms with E-state index in [2.05, 4.69) is 26.0 Å². The predicted molar refractivity (Wildman–Crippen MR) is 51.1 cm³/mol. The van der Waals surface area contributed by atoms with Gasteiger partial charge >= 0.3 is 0 Å². The van der Waals surface area contributed by atoms with Crippen LogP contribution in [0.5, 0.6) is 0 Å². The zero-order valence-electron chi connectivity index (χ0n) is 8.29. The molecule has 0 spiro atoms. The zero-order chi connectivity index (χ0) is 9.22. The van der Waals surface area contributed by atoms with Gasteiger partial charge in [0.05, 0.1) is 0 Å². The standard InChI is InChI=1S/C12H16O/c1-12(2)10-6-9(11(12)13)7-4-3-5-8(7)10/h3,5,7-10H,4,6H2,1-2H3/t7-,8+,9-,10+/m1/s1. The van der Waals surface area contributed by atoms with Gasteiger partial charge in [-0.05, 0) is 30.6 Å². The molecule has 2 fully saturated rings. The van der Waals surface area contributed by atoms with E-state index in [9.17, 15) is 4.79 Å². The highest BCUT2D eigenvalue weighted by molar-refractivity contribution is 5.90. The summed E-state index contributed by atoms with van der Waals surface area (Å²) < 4.78 is 0. The fraction of sp³-hybridized carbons (Fsp3) is 0.750. The van der Waals surface area contributed by atoms with Crippen LogP contribution in [0.4, 0.5) is 0 Å². The molecule has 0 aliphatic heterocycles. The molecule has 1 nitrogen and oxygen atoms in total. The van der Waals surface area contributed by atoms with Crippen molar-refractivity contribution in [3.8, 4) is 0 Å². The lowest BCUT2D eigenvalue weighted by Crippen LogP contribution is -2.38. The molecule has 0 unspecified atom stereocenters. The molecule has 0 amide bonds. The molecule has 70 valence electrons. The van der Waals surface area contributed by atoms with E-state index in [4.69, 9.17) is 0 Å². The van der Waals surface area contributed by atoms with Gasteiger partial charge in [-0.2, -0.15) is 0 Å². The minimum Gasteiger partial charge on any atom is -0.299 e. The Bertz CT molecular complexity index is 300. The Labute approximate surface area is 79.2 Å². The van der Waals surface area contributed by atoms with E-state index in [0.717, 1.165) is 12.3 Å². The number of hydrogen-bond donors (Lipinski definition) is 0. The molecular formula is C12H16O. The van der Waals surface area contributed by atoms with Crippen molar-refractivity contribution < 1.29 is 4.79 Å². The molecular weight excluding hydrogens is 160 g/mol. The topological polar surface area (TPSA) is 17.1 Å². The Balaban J connectivity index is 2.04. The lowest BCUT2D eigenvalue weighted by molar-refractivity contribution is -0.133. The van der Waals surface area contributed by atoms with Crippen molar-refractivity contribution in [3.05, 3.63) is 12.2 Å². The van der Waals surface area contributed by atoms with Crippen molar-refractivity contribution >= 4 is 5.78 Å². The van der Waals surface area contributed by atoms with Crippen molar-refractivity contribution in [2.45, 2.75) is 26.7 Å². The molecule has 4 atom stereocenters. The van der Waals surface area contributed by atoms with Crippen molar-refractivity contribution in [1.82, 2.24) is 0 Å². The van der Waals surface area contributed by atoms with Gasteiger partial charge in [0, 0.05) is 11.3 Å². The summed E-state index contributed by atoms with van der Waals surface area (Å²) in [5.74, 6) is 3.01. The van der Waals surface area contributed by atoms with Crippen LogP contribution in [0.1, 0.15) is 26.7 Å². The van der Waals surface area contributed by atoms with E-state index < -0.39 is 0 Å². The average molecular weight is 176 g/mol. The molecule has 0 aromatic heterocycles. The summed E-state index contributed by atoms with van der Waals surface area (Å²) in [6.45, 7) is 4.28. The molecule has 13 heavy (non-hydrogen) atoms. The third-order valence-corrected chi connectivity index (χ3v) is 4.65. The smallest absolute Gasteiger partial charge is 0.142 e. The van der Waals surface area contributed by atoms with Crippen LogP contribution in [-0.2, 0) is 4.79 Å². The SMILES string of the molecule is CC1(C)C(=O)[C@@H]2C[C@H]1[C@H]1C=CC[C@H]12. The monoisotopic (exact) mass is 176 g/mol. The zero-order valence-corrected chi connectivity index (χ0v) is 8.29. The van der Waals surface area contributed by atoms with Crippen molar-refractivity contribution in [2.75, 3.05) is 0 Å². The molecule has 2 saturated carbocycles. The number of carbonyl (C=O) groups is 1. The van der Waals surface area contributed by atoms with E-state index in [1.807, 2.05) is 0 Å². The van der Waals surface area contributed by atoms with Crippen LogP contribution in [-0.4, -0.2) is 5.78 Å². The maximum Gasteiger partial charge on any atom is 0.142 e. The summed E-state index contributed by atoms with van der Waals surface area (Å²) in [5.41, 5.74) is -0.0273. The first-order valence-electron chi connectivity index (χ1n) is 5.33. The summed E-state index contributed by atoms with van der Waals surface area (Å²) in [4.78, 5) is 12.0. The molecule has 0 N–H and O–H groups in total. The molecule has 3 aliphatic rings. The molecule has 0 aromatic rings. The third kappa shape index (κ3) is 0.722. The largest absolute Gasteiger partial charge is 0.299 e. The maximum absolute atomic E-state index is 12.0. The van der Waals surface area contributed by atoms with Gasteiger partial charge in [-0.15, -0.1) is 0 Å². The van der Waals surface area contributed by atoms with Crippen LogP contribution in [0.25, 0.3) is 0 Å². The Kier molecular flexibility index (Phi) is 1.24. The quantitative estimate of drug-likeness (QED) is 0.518. The van der Waals surface area contributed by atoms with Gasteiger partial charge in [-0.3, -0.25) is 4.79 Å². The first-order chi connectivity index (χ1) is 6.12. The van der Waals surface area contributed by atoms with Gasteiger partial charge in [0.2, 0.25) is 0 Å². The number of rotatable bonds is 0. The maximum atomic E-state index is 12.0. The van der Waals surface area contributed by atoms with Gasteiger partial charge in [0.15, 0.2) is 0 Å². The second-order valence-corrected chi connectivity index (χ2v) is 5.44. The van der Waals surface area contributed by atoms with E-state index in [-0.39, 0.29) is 5.41 Å². The van der Waals surface area contributed by atoms with Gasteiger partial charge in [0.25, 0.3) is 0 Å². The highest BCUT2D eigenvalue weighted by atomic mass is 16.1. The van der Waals surface area contributed by atoms with Crippen LogP contribution >= 0.6 is 0 Å². The minimum absolute atomic E-state index is 0.0273. The average Bonchev–Trinajstić information content (AvgIpc) is 2.63. The van der Waals surface area contributed by atoms with Gasteiger partial charge in [-0.1, -0.05) is 26.0 Å². The first-order valence-corrected chi connectivity index (χ1v) is 5.33.